The van der Waals surface area contributed by atoms with E-state index in [1.807, 2.05) is 54.3 Å². The molecule has 1 heterocycles. The lowest BCUT2D eigenvalue weighted by Crippen LogP contribution is -2.49. The van der Waals surface area contributed by atoms with Crippen molar-refractivity contribution >= 4 is 5.91 Å². The highest BCUT2D eigenvalue weighted by atomic mass is 16.5. The van der Waals surface area contributed by atoms with Crippen LogP contribution in [-0.4, -0.2) is 62.2 Å². The maximum atomic E-state index is 13.4. The van der Waals surface area contributed by atoms with E-state index in [9.17, 15) is 4.79 Å². The summed E-state index contributed by atoms with van der Waals surface area (Å²) >= 11 is 0. The SMILES string of the molecule is CCOCCOc1ccccc1C(=O)N1CCN(C)C[C@@H]1c1ccccc1. The van der Waals surface area contributed by atoms with E-state index in [0.717, 1.165) is 18.7 Å². The fourth-order valence-corrected chi connectivity index (χ4v) is 3.40. The standard InChI is InChI=1S/C22H28N2O3/c1-3-26-15-16-27-21-12-8-7-11-19(21)22(25)24-14-13-23(2)17-20(24)18-9-5-4-6-10-18/h4-12,20H,3,13-17H2,1-2H3/t20-/m1/s1. The minimum absolute atomic E-state index is 0.0176. The van der Waals surface area contributed by atoms with Gasteiger partial charge in [0.15, 0.2) is 0 Å². The number of hydrogen-bond donors (Lipinski definition) is 0. The van der Waals surface area contributed by atoms with Crippen LogP contribution in [-0.2, 0) is 4.74 Å². The zero-order valence-corrected chi connectivity index (χ0v) is 16.1. The van der Waals surface area contributed by atoms with Gasteiger partial charge in [-0.3, -0.25) is 4.79 Å². The summed E-state index contributed by atoms with van der Waals surface area (Å²) in [4.78, 5) is 17.6. The van der Waals surface area contributed by atoms with Crippen LogP contribution in [0.3, 0.4) is 0 Å². The molecular weight excluding hydrogens is 340 g/mol. The molecule has 0 spiro atoms. The number of likely N-dealkylation sites (N-methyl/N-ethyl adjacent to an activating group) is 1. The summed E-state index contributed by atoms with van der Waals surface area (Å²) in [5, 5.41) is 0. The van der Waals surface area contributed by atoms with Gasteiger partial charge in [0.05, 0.1) is 18.2 Å². The molecule has 27 heavy (non-hydrogen) atoms. The Morgan fingerprint density at radius 2 is 1.78 bits per heavy atom. The fraction of sp³-hybridized carbons (Fsp3) is 0.409. The molecule has 5 nitrogen and oxygen atoms in total. The molecule has 1 fully saturated rings. The van der Waals surface area contributed by atoms with Crippen molar-refractivity contribution in [2.24, 2.45) is 0 Å². The van der Waals surface area contributed by atoms with E-state index in [-0.39, 0.29) is 11.9 Å². The van der Waals surface area contributed by atoms with Crippen molar-refractivity contribution in [3.63, 3.8) is 0 Å². The van der Waals surface area contributed by atoms with Crippen LogP contribution in [0.5, 0.6) is 5.75 Å². The van der Waals surface area contributed by atoms with Crippen LogP contribution in [0.15, 0.2) is 54.6 Å². The summed E-state index contributed by atoms with van der Waals surface area (Å²) in [7, 11) is 2.10. The minimum Gasteiger partial charge on any atom is -0.490 e. The highest BCUT2D eigenvalue weighted by Crippen LogP contribution is 2.29. The van der Waals surface area contributed by atoms with Crippen molar-refractivity contribution in [2.75, 3.05) is 46.5 Å². The number of carbonyl (C=O) groups excluding carboxylic acids is 1. The second kappa shape index (κ2) is 9.53. The van der Waals surface area contributed by atoms with Crippen LogP contribution in [0.25, 0.3) is 0 Å². The Kier molecular flexibility index (Phi) is 6.85. The van der Waals surface area contributed by atoms with Gasteiger partial charge in [-0.25, -0.2) is 0 Å². The lowest BCUT2D eigenvalue weighted by Gasteiger charge is -2.40. The highest BCUT2D eigenvalue weighted by Gasteiger charge is 2.31. The summed E-state index contributed by atoms with van der Waals surface area (Å²) in [6.45, 7) is 5.94. The van der Waals surface area contributed by atoms with Crippen LogP contribution in [0.4, 0.5) is 0 Å². The largest absolute Gasteiger partial charge is 0.490 e. The first-order chi connectivity index (χ1) is 13.2. The molecule has 0 saturated carbocycles. The number of rotatable bonds is 7. The summed E-state index contributed by atoms with van der Waals surface area (Å²) in [5.74, 6) is 0.636. The fourth-order valence-electron chi connectivity index (χ4n) is 3.40. The number of ether oxygens (including phenoxy) is 2. The molecule has 3 rings (SSSR count). The van der Waals surface area contributed by atoms with E-state index in [0.29, 0.717) is 37.7 Å². The number of nitrogens with zero attached hydrogens (tertiary/aromatic N) is 2. The number of para-hydroxylation sites is 1. The predicted molar refractivity (Wildman–Crippen MR) is 106 cm³/mol. The maximum absolute atomic E-state index is 13.4. The van der Waals surface area contributed by atoms with Crippen molar-refractivity contribution in [3.8, 4) is 5.75 Å². The first-order valence-electron chi connectivity index (χ1n) is 9.54. The van der Waals surface area contributed by atoms with Crippen LogP contribution in [0.1, 0.15) is 28.9 Å². The Morgan fingerprint density at radius 1 is 1.04 bits per heavy atom. The van der Waals surface area contributed by atoms with E-state index in [1.54, 1.807) is 0 Å². The molecule has 0 radical (unpaired) electrons. The predicted octanol–water partition coefficient (Wildman–Crippen LogP) is 3.23. The van der Waals surface area contributed by atoms with E-state index in [2.05, 4.69) is 24.1 Å². The molecule has 2 aromatic rings. The second-order valence-electron chi connectivity index (χ2n) is 6.73. The third kappa shape index (κ3) is 4.87. The molecule has 0 unspecified atom stereocenters. The molecular formula is C22H28N2O3. The summed E-state index contributed by atoms with van der Waals surface area (Å²) in [6, 6.07) is 17.8. The van der Waals surface area contributed by atoms with Crippen LogP contribution < -0.4 is 4.74 Å². The molecule has 1 amide bonds. The van der Waals surface area contributed by atoms with Crippen LogP contribution >= 0.6 is 0 Å². The second-order valence-corrected chi connectivity index (χ2v) is 6.73. The molecule has 5 heteroatoms. The molecule has 1 atom stereocenters. The van der Waals surface area contributed by atoms with Crippen molar-refractivity contribution in [1.29, 1.82) is 0 Å². The van der Waals surface area contributed by atoms with E-state index in [1.165, 1.54) is 0 Å². The topological polar surface area (TPSA) is 42.0 Å². The molecule has 144 valence electrons. The van der Waals surface area contributed by atoms with Gasteiger partial charge in [-0.05, 0) is 31.7 Å². The molecule has 0 aromatic heterocycles. The van der Waals surface area contributed by atoms with E-state index in [4.69, 9.17) is 9.47 Å². The monoisotopic (exact) mass is 368 g/mol. The van der Waals surface area contributed by atoms with Gasteiger partial charge in [-0.15, -0.1) is 0 Å². The van der Waals surface area contributed by atoms with Crippen molar-refractivity contribution in [2.45, 2.75) is 13.0 Å². The Bertz CT molecular complexity index is 735. The van der Waals surface area contributed by atoms with Crippen LogP contribution in [0.2, 0.25) is 0 Å². The van der Waals surface area contributed by atoms with Crippen molar-refractivity contribution in [1.82, 2.24) is 9.80 Å². The number of amides is 1. The van der Waals surface area contributed by atoms with Gasteiger partial charge < -0.3 is 19.3 Å². The summed E-state index contributed by atoms with van der Waals surface area (Å²) in [6.07, 6.45) is 0. The van der Waals surface area contributed by atoms with Gasteiger partial charge in [-0.1, -0.05) is 42.5 Å². The first kappa shape index (κ1) is 19.4. The zero-order valence-electron chi connectivity index (χ0n) is 16.1. The van der Waals surface area contributed by atoms with Gasteiger partial charge in [0.25, 0.3) is 5.91 Å². The Hall–Kier alpha value is -2.37. The van der Waals surface area contributed by atoms with Crippen molar-refractivity contribution < 1.29 is 14.3 Å². The highest BCUT2D eigenvalue weighted by molar-refractivity contribution is 5.97. The first-order valence-corrected chi connectivity index (χ1v) is 9.54. The average Bonchev–Trinajstić information content (AvgIpc) is 2.71. The maximum Gasteiger partial charge on any atom is 0.258 e. The van der Waals surface area contributed by atoms with Gasteiger partial charge in [0.2, 0.25) is 0 Å². The molecule has 1 saturated heterocycles. The molecule has 2 aromatic carbocycles. The van der Waals surface area contributed by atoms with Gasteiger partial charge in [0.1, 0.15) is 12.4 Å². The summed E-state index contributed by atoms with van der Waals surface area (Å²) < 4.78 is 11.2. The van der Waals surface area contributed by atoms with E-state index < -0.39 is 0 Å². The van der Waals surface area contributed by atoms with Crippen LogP contribution in [0, 0.1) is 0 Å². The number of carbonyl (C=O) groups is 1. The Labute approximate surface area is 161 Å². The minimum atomic E-state index is 0.0176. The third-order valence-corrected chi connectivity index (χ3v) is 4.84. The number of hydrogen-bond acceptors (Lipinski definition) is 4. The molecule has 1 aliphatic rings. The average molecular weight is 368 g/mol. The quantitative estimate of drug-likeness (QED) is 0.704. The number of piperazine rings is 1. The normalized spacial score (nSPS) is 17.7. The third-order valence-electron chi connectivity index (χ3n) is 4.84. The zero-order chi connectivity index (χ0) is 19.1. The van der Waals surface area contributed by atoms with Gasteiger partial charge in [0, 0.05) is 26.2 Å². The van der Waals surface area contributed by atoms with E-state index >= 15 is 0 Å². The Morgan fingerprint density at radius 3 is 2.56 bits per heavy atom. The number of benzene rings is 2. The molecule has 0 bridgehead atoms. The molecule has 0 aliphatic carbocycles. The van der Waals surface area contributed by atoms with Gasteiger partial charge in [-0.2, -0.15) is 0 Å². The molecule has 1 aliphatic heterocycles. The van der Waals surface area contributed by atoms with Gasteiger partial charge >= 0.3 is 0 Å². The van der Waals surface area contributed by atoms with Crippen molar-refractivity contribution in [3.05, 3.63) is 65.7 Å². The molecule has 0 N–H and O–H groups in total. The lowest BCUT2D eigenvalue weighted by molar-refractivity contribution is 0.0491. The lowest BCUT2D eigenvalue weighted by atomic mass is 10.0. The Balaban J connectivity index is 1.81. The summed E-state index contributed by atoms with van der Waals surface area (Å²) in [5.41, 5.74) is 1.77. The smallest absolute Gasteiger partial charge is 0.258 e.